The summed E-state index contributed by atoms with van der Waals surface area (Å²) in [6.45, 7) is 0.314. The van der Waals surface area contributed by atoms with Crippen LogP contribution < -0.4 is 5.32 Å². The van der Waals surface area contributed by atoms with Gasteiger partial charge in [-0.2, -0.15) is 5.10 Å². The molecule has 1 aromatic heterocycles. The van der Waals surface area contributed by atoms with E-state index in [2.05, 4.69) is 10.4 Å². The smallest absolute Gasteiger partial charge is 0.321 e. The van der Waals surface area contributed by atoms with Crippen molar-refractivity contribution in [2.45, 2.75) is 18.9 Å². The number of benzene rings is 1. The lowest BCUT2D eigenvalue weighted by atomic mass is 10.2. The van der Waals surface area contributed by atoms with Gasteiger partial charge in [0.1, 0.15) is 5.69 Å². The number of hydrogen-bond donors (Lipinski definition) is 2. The number of likely N-dealkylation sites (N-methyl/N-ethyl adjacent to an activating group) is 1. The van der Waals surface area contributed by atoms with Crippen molar-refractivity contribution < 1.29 is 9.90 Å². The molecule has 122 valence electrons. The van der Waals surface area contributed by atoms with Gasteiger partial charge in [0.05, 0.1) is 16.8 Å². The maximum absolute atomic E-state index is 12.4. The molecule has 1 aliphatic rings. The number of aliphatic hydroxyl groups excluding tert-OH is 1. The average Bonchev–Trinajstić information content (AvgIpc) is 3.24. The Kier molecular flexibility index (Phi) is 4.54. The van der Waals surface area contributed by atoms with Crippen molar-refractivity contribution in [3.05, 3.63) is 41.7 Å². The summed E-state index contributed by atoms with van der Waals surface area (Å²) < 4.78 is 1.61. The molecule has 0 saturated heterocycles. The molecule has 0 aliphatic heterocycles. The van der Waals surface area contributed by atoms with Crippen LogP contribution in [-0.4, -0.2) is 45.5 Å². The SMILES string of the molecule is CN(CC(O)C1CC1)C(=O)Nc1cccc(Cl)c1-n1cccn1. The molecular formula is C16H19ClN4O2. The summed E-state index contributed by atoms with van der Waals surface area (Å²) in [7, 11) is 1.67. The molecule has 6 nitrogen and oxygen atoms in total. The zero-order chi connectivity index (χ0) is 16.4. The lowest BCUT2D eigenvalue weighted by Crippen LogP contribution is -2.38. The Morgan fingerprint density at radius 3 is 2.96 bits per heavy atom. The van der Waals surface area contributed by atoms with Gasteiger partial charge >= 0.3 is 6.03 Å². The monoisotopic (exact) mass is 334 g/mol. The fourth-order valence-corrected chi connectivity index (χ4v) is 2.72. The highest BCUT2D eigenvalue weighted by atomic mass is 35.5. The molecule has 23 heavy (non-hydrogen) atoms. The quantitative estimate of drug-likeness (QED) is 0.883. The second-order valence-electron chi connectivity index (χ2n) is 5.80. The lowest BCUT2D eigenvalue weighted by Gasteiger charge is -2.22. The second kappa shape index (κ2) is 6.60. The van der Waals surface area contributed by atoms with Gasteiger partial charge in [0, 0.05) is 26.0 Å². The van der Waals surface area contributed by atoms with E-state index in [0.29, 0.717) is 28.9 Å². The van der Waals surface area contributed by atoms with Crippen molar-refractivity contribution in [3.8, 4) is 5.69 Å². The average molecular weight is 335 g/mol. The van der Waals surface area contributed by atoms with Crippen molar-refractivity contribution in [1.82, 2.24) is 14.7 Å². The second-order valence-corrected chi connectivity index (χ2v) is 6.21. The number of anilines is 1. The van der Waals surface area contributed by atoms with Crippen LogP contribution >= 0.6 is 11.6 Å². The third-order valence-corrected chi connectivity index (χ3v) is 4.24. The van der Waals surface area contributed by atoms with Gasteiger partial charge in [-0.3, -0.25) is 0 Å². The Labute approximate surface area is 139 Å². The Morgan fingerprint density at radius 1 is 1.52 bits per heavy atom. The molecule has 1 aromatic carbocycles. The predicted molar refractivity (Wildman–Crippen MR) is 89.0 cm³/mol. The number of halogens is 1. The molecular weight excluding hydrogens is 316 g/mol. The number of urea groups is 1. The summed E-state index contributed by atoms with van der Waals surface area (Å²) in [6.07, 6.45) is 5.02. The Bertz CT molecular complexity index is 685. The van der Waals surface area contributed by atoms with Crippen LogP contribution in [0.15, 0.2) is 36.7 Å². The van der Waals surface area contributed by atoms with Crippen molar-refractivity contribution in [2.24, 2.45) is 5.92 Å². The molecule has 0 spiro atoms. The van der Waals surface area contributed by atoms with Crippen LogP contribution in [0.2, 0.25) is 5.02 Å². The van der Waals surface area contributed by atoms with Gasteiger partial charge in [-0.15, -0.1) is 0 Å². The van der Waals surface area contributed by atoms with Crippen LogP contribution in [0.4, 0.5) is 10.5 Å². The van der Waals surface area contributed by atoms with Gasteiger partial charge in [-0.1, -0.05) is 17.7 Å². The first-order valence-corrected chi connectivity index (χ1v) is 7.93. The molecule has 3 rings (SSSR count). The molecule has 0 bridgehead atoms. The molecule has 7 heteroatoms. The number of aromatic nitrogens is 2. The fourth-order valence-electron chi connectivity index (χ4n) is 2.45. The van der Waals surface area contributed by atoms with Gasteiger partial charge in [0.25, 0.3) is 0 Å². The highest BCUT2D eigenvalue weighted by Gasteiger charge is 2.31. The van der Waals surface area contributed by atoms with E-state index in [9.17, 15) is 9.90 Å². The minimum atomic E-state index is -0.462. The number of nitrogens with one attached hydrogen (secondary N) is 1. The summed E-state index contributed by atoms with van der Waals surface area (Å²) >= 11 is 6.25. The number of rotatable bonds is 5. The minimum absolute atomic E-state index is 0.291. The maximum Gasteiger partial charge on any atom is 0.321 e. The molecule has 1 aliphatic carbocycles. The van der Waals surface area contributed by atoms with Crippen molar-refractivity contribution >= 4 is 23.3 Å². The number of amides is 2. The highest BCUT2D eigenvalue weighted by Crippen LogP contribution is 2.33. The third-order valence-electron chi connectivity index (χ3n) is 3.94. The van der Waals surface area contributed by atoms with E-state index in [4.69, 9.17) is 11.6 Å². The van der Waals surface area contributed by atoms with Crippen LogP contribution in [0, 0.1) is 5.92 Å². The minimum Gasteiger partial charge on any atom is -0.391 e. The molecule has 0 radical (unpaired) electrons. The van der Waals surface area contributed by atoms with Gasteiger partial charge in [-0.05, 0) is 37.0 Å². The first-order chi connectivity index (χ1) is 11.1. The van der Waals surface area contributed by atoms with Crippen LogP contribution in [0.25, 0.3) is 5.69 Å². The summed E-state index contributed by atoms with van der Waals surface area (Å²) in [4.78, 5) is 13.8. The predicted octanol–water partition coefficient (Wildman–Crippen LogP) is 2.76. The van der Waals surface area contributed by atoms with Crippen molar-refractivity contribution in [1.29, 1.82) is 0 Å². The molecule has 1 fully saturated rings. The van der Waals surface area contributed by atoms with E-state index < -0.39 is 6.10 Å². The molecule has 2 aromatic rings. The topological polar surface area (TPSA) is 70.4 Å². The summed E-state index contributed by atoms with van der Waals surface area (Å²) in [5.41, 5.74) is 1.18. The molecule has 1 heterocycles. The fraction of sp³-hybridized carbons (Fsp3) is 0.375. The van der Waals surface area contributed by atoms with Gasteiger partial charge < -0.3 is 15.3 Å². The number of nitrogens with zero attached hydrogens (tertiary/aromatic N) is 3. The number of carbonyl (C=O) groups is 1. The third kappa shape index (κ3) is 3.65. The molecule has 2 amide bonds. The first-order valence-electron chi connectivity index (χ1n) is 7.55. The zero-order valence-corrected chi connectivity index (χ0v) is 13.6. The van der Waals surface area contributed by atoms with Crippen LogP contribution in [0.5, 0.6) is 0 Å². The largest absolute Gasteiger partial charge is 0.391 e. The molecule has 1 atom stereocenters. The Balaban J connectivity index is 1.74. The standard InChI is InChI=1S/C16H19ClN4O2/c1-20(10-14(22)11-6-7-11)16(23)19-13-5-2-4-12(17)15(13)21-9-3-8-18-21/h2-5,8-9,11,14,22H,6-7,10H2,1H3,(H,19,23). The summed E-state index contributed by atoms with van der Waals surface area (Å²) in [5, 5.41) is 17.5. The van der Waals surface area contributed by atoms with Crippen molar-refractivity contribution in [2.75, 3.05) is 18.9 Å². The first kappa shape index (κ1) is 15.8. The van der Waals surface area contributed by atoms with E-state index in [1.54, 1.807) is 48.4 Å². The van der Waals surface area contributed by atoms with E-state index in [0.717, 1.165) is 12.8 Å². The molecule has 1 unspecified atom stereocenters. The number of carbonyl (C=O) groups excluding carboxylic acids is 1. The van der Waals surface area contributed by atoms with Gasteiger partial charge in [-0.25, -0.2) is 9.48 Å². The van der Waals surface area contributed by atoms with E-state index in [-0.39, 0.29) is 6.03 Å². The summed E-state index contributed by atoms with van der Waals surface area (Å²) in [5.74, 6) is 0.330. The van der Waals surface area contributed by atoms with E-state index in [1.807, 2.05) is 0 Å². The number of para-hydroxylation sites is 1. The number of hydrogen-bond acceptors (Lipinski definition) is 3. The lowest BCUT2D eigenvalue weighted by molar-refractivity contribution is 0.117. The Morgan fingerprint density at radius 2 is 2.30 bits per heavy atom. The molecule has 1 saturated carbocycles. The van der Waals surface area contributed by atoms with E-state index in [1.165, 1.54) is 4.90 Å². The van der Waals surface area contributed by atoms with Crippen LogP contribution in [0.3, 0.4) is 0 Å². The Hall–Kier alpha value is -2.05. The molecule has 2 N–H and O–H groups in total. The van der Waals surface area contributed by atoms with E-state index >= 15 is 0 Å². The maximum atomic E-state index is 12.4. The van der Waals surface area contributed by atoms with Gasteiger partial charge in [0.15, 0.2) is 0 Å². The highest BCUT2D eigenvalue weighted by molar-refractivity contribution is 6.33. The normalized spacial score (nSPS) is 15.3. The van der Waals surface area contributed by atoms with Crippen LogP contribution in [-0.2, 0) is 0 Å². The number of aliphatic hydroxyl groups is 1. The van der Waals surface area contributed by atoms with Crippen LogP contribution in [0.1, 0.15) is 12.8 Å². The zero-order valence-electron chi connectivity index (χ0n) is 12.8. The van der Waals surface area contributed by atoms with Crippen molar-refractivity contribution in [3.63, 3.8) is 0 Å². The van der Waals surface area contributed by atoms with Gasteiger partial charge in [0.2, 0.25) is 0 Å². The summed E-state index contributed by atoms with van der Waals surface area (Å²) in [6, 6.07) is 6.78.